The quantitative estimate of drug-likeness (QED) is 0.403. The number of unbranched alkanes of at least 4 members (excludes halogenated alkanes) is 2. The number of amides is 1. The van der Waals surface area contributed by atoms with Crippen molar-refractivity contribution < 1.29 is 14.3 Å². The highest BCUT2D eigenvalue weighted by atomic mass is 16.5. The first kappa shape index (κ1) is 20.9. The largest absolute Gasteiger partial charge is 0.493 e. The molecule has 0 radical (unpaired) electrons. The molecule has 154 valence electrons. The molecular weight excluding hydrogens is 380 g/mol. The van der Waals surface area contributed by atoms with E-state index in [0.717, 1.165) is 35.1 Å². The Hall–Kier alpha value is -3.79. The number of terminal acetylenes is 1. The zero-order valence-electron chi connectivity index (χ0n) is 17.1. The molecule has 1 heterocycles. The predicted molar refractivity (Wildman–Crippen MR) is 118 cm³/mol. The van der Waals surface area contributed by atoms with Crippen molar-refractivity contribution in [3.8, 4) is 23.8 Å². The normalized spacial score (nSPS) is 10.3. The molecule has 0 aliphatic heterocycles. The SMILES string of the molecule is C#CCCCCC(=O)Nc1ccc(Nc2ncnc3cc(OC)c(OC)cc23)cc1. The first-order valence-electron chi connectivity index (χ1n) is 9.61. The van der Waals surface area contributed by atoms with Crippen molar-refractivity contribution in [2.75, 3.05) is 24.9 Å². The maximum absolute atomic E-state index is 12.0. The Labute approximate surface area is 175 Å². The van der Waals surface area contributed by atoms with Crippen LogP contribution in [-0.4, -0.2) is 30.1 Å². The highest BCUT2D eigenvalue weighted by molar-refractivity contribution is 5.93. The monoisotopic (exact) mass is 404 g/mol. The summed E-state index contributed by atoms with van der Waals surface area (Å²) in [5.74, 6) is 4.41. The van der Waals surface area contributed by atoms with Gasteiger partial charge in [0, 0.05) is 35.7 Å². The number of fused-ring (bicyclic) bond motifs is 1. The van der Waals surface area contributed by atoms with E-state index in [4.69, 9.17) is 15.9 Å². The maximum Gasteiger partial charge on any atom is 0.224 e. The fourth-order valence-corrected chi connectivity index (χ4v) is 2.99. The average molecular weight is 404 g/mol. The second-order valence-corrected chi connectivity index (χ2v) is 6.61. The van der Waals surface area contributed by atoms with E-state index in [-0.39, 0.29) is 5.91 Å². The summed E-state index contributed by atoms with van der Waals surface area (Å²) in [6.45, 7) is 0. The van der Waals surface area contributed by atoms with Crippen LogP contribution in [0.25, 0.3) is 10.9 Å². The Balaban J connectivity index is 1.70. The third-order valence-electron chi connectivity index (χ3n) is 4.55. The summed E-state index contributed by atoms with van der Waals surface area (Å²) in [6.07, 6.45) is 9.51. The second-order valence-electron chi connectivity index (χ2n) is 6.61. The van der Waals surface area contributed by atoms with Crippen molar-refractivity contribution in [3.63, 3.8) is 0 Å². The number of anilines is 3. The fraction of sp³-hybridized carbons (Fsp3) is 0.261. The number of carbonyl (C=O) groups is 1. The first-order valence-corrected chi connectivity index (χ1v) is 9.61. The van der Waals surface area contributed by atoms with Crippen LogP contribution in [0.15, 0.2) is 42.7 Å². The lowest BCUT2D eigenvalue weighted by Crippen LogP contribution is -2.10. The van der Waals surface area contributed by atoms with Gasteiger partial charge in [-0.25, -0.2) is 9.97 Å². The molecule has 3 rings (SSSR count). The fourth-order valence-electron chi connectivity index (χ4n) is 2.99. The number of carbonyl (C=O) groups excluding carboxylic acids is 1. The van der Waals surface area contributed by atoms with Gasteiger partial charge in [-0.3, -0.25) is 4.79 Å². The molecule has 0 saturated carbocycles. The molecule has 0 bridgehead atoms. The predicted octanol–water partition coefficient (Wildman–Crippen LogP) is 4.52. The van der Waals surface area contributed by atoms with Gasteiger partial charge in [0.05, 0.1) is 19.7 Å². The Morgan fingerprint density at radius 1 is 1.03 bits per heavy atom. The van der Waals surface area contributed by atoms with Gasteiger partial charge in [-0.05, 0) is 43.2 Å². The molecule has 0 saturated heterocycles. The van der Waals surface area contributed by atoms with Crippen molar-refractivity contribution in [2.24, 2.45) is 0 Å². The number of benzene rings is 2. The Bertz CT molecular complexity index is 1060. The molecule has 7 nitrogen and oxygen atoms in total. The van der Waals surface area contributed by atoms with Crippen LogP contribution in [0.4, 0.5) is 17.2 Å². The summed E-state index contributed by atoms with van der Waals surface area (Å²) in [7, 11) is 3.17. The number of methoxy groups -OCH3 is 2. The van der Waals surface area contributed by atoms with E-state index in [0.29, 0.717) is 30.2 Å². The van der Waals surface area contributed by atoms with Crippen molar-refractivity contribution >= 4 is 34.0 Å². The van der Waals surface area contributed by atoms with Crippen molar-refractivity contribution in [2.45, 2.75) is 25.7 Å². The maximum atomic E-state index is 12.0. The van der Waals surface area contributed by atoms with Gasteiger partial charge >= 0.3 is 0 Å². The Morgan fingerprint density at radius 2 is 1.73 bits per heavy atom. The third-order valence-corrected chi connectivity index (χ3v) is 4.55. The Kier molecular flexibility index (Phi) is 7.06. The van der Waals surface area contributed by atoms with E-state index < -0.39 is 0 Å². The van der Waals surface area contributed by atoms with E-state index in [2.05, 4.69) is 26.5 Å². The van der Waals surface area contributed by atoms with E-state index in [1.165, 1.54) is 6.33 Å². The molecule has 0 atom stereocenters. The summed E-state index contributed by atoms with van der Waals surface area (Å²) in [4.78, 5) is 20.6. The summed E-state index contributed by atoms with van der Waals surface area (Å²) in [5.41, 5.74) is 2.30. The Morgan fingerprint density at radius 3 is 2.43 bits per heavy atom. The van der Waals surface area contributed by atoms with Gasteiger partial charge in [-0.15, -0.1) is 12.3 Å². The second kappa shape index (κ2) is 10.1. The van der Waals surface area contributed by atoms with Crippen molar-refractivity contribution in [3.05, 3.63) is 42.7 Å². The molecule has 0 fully saturated rings. The van der Waals surface area contributed by atoms with Crippen LogP contribution in [0, 0.1) is 12.3 Å². The number of hydrogen-bond donors (Lipinski definition) is 2. The minimum atomic E-state index is -0.0180. The molecular formula is C23H24N4O3. The van der Waals surface area contributed by atoms with Crippen LogP contribution < -0.4 is 20.1 Å². The summed E-state index contributed by atoms with van der Waals surface area (Å²) in [5, 5.41) is 6.98. The number of rotatable bonds is 9. The van der Waals surface area contributed by atoms with Gasteiger partial charge in [0.1, 0.15) is 12.1 Å². The minimum Gasteiger partial charge on any atom is -0.493 e. The number of ether oxygens (including phenoxy) is 2. The molecule has 1 amide bonds. The van der Waals surface area contributed by atoms with Crippen LogP contribution in [0.1, 0.15) is 25.7 Å². The van der Waals surface area contributed by atoms with Gasteiger partial charge in [-0.2, -0.15) is 0 Å². The number of hydrogen-bond acceptors (Lipinski definition) is 6. The van der Waals surface area contributed by atoms with Crippen LogP contribution in [0.5, 0.6) is 11.5 Å². The van der Waals surface area contributed by atoms with E-state index in [1.54, 1.807) is 14.2 Å². The van der Waals surface area contributed by atoms with E-state index >= 15 is 0 Å². The average Bonchev–Trinajstić information content (AvgIpc) is 2.77. The summed E-state index contributed by atoms with van der Waals surface area (Å²) in [6, 6.07) is 11.1. The highest BCUT2D eigenvalue weighted by Gasteiger charge is 2.11. The molecule has 0 unspecified atom stereocenters. The van der Waals surface area contributed by atoms with Crippen LogP contribution in [0.3, 0.4) is 0 Å². The molecule has 30 heavy (non-hydrogen) atoms. The number of nitrogens with zero attached hydrogens (tertiary/aromatic N) is 2. The van der Waals surface area contributed by atoms with Crippen LogP contribution >= 0.6 is 0 Å². The first-order chi connectivity index (χ1) is 14.6. The highest BCUT2D eigenvalue weighted by Crippen LogP contribution is 2.34. The van der Waals surface area contributed by atoms with Gasteiger partial charge in [0.25, 0.3) is 0 Å². The molecule has 1 aromatic heterocycles. The van der Waals surface area contributed by atoms with Gasteiger partial charge in [-0.1, -0.05) is 0 Å². The lowest BCUT2D eigenvalue weighted by atomic mass is 10.2. The lowest BCUT2D eigenvalue weighted by molar-refractivity contribution is -0.116. The van der Waals surface area contributed by atoms with Crippen molar-refractivity contribution in [1.29, 1.82) is 0 Å². The van der Waals surface area contributed by atoms with Gasteiger partial charge in [0.2, 0.25) is 5.91 Å². The third kappa shape index (κ3) is 5.17. The van der Waals surface area contributed by atoms with Crippen molar-refractivity contribution in [1.82, 2.24) is 9.97 Å². The van der Waals surface area contributed by atoms with Gasteiger partial charge in [0.15, 0.2) is 11.5 Å². The van der Waals surface area contributed by atoms with E-state index in [9.17, 15) is 4.79 Å². The molecule has 0 aliphatic rings. The zero-order chi connectivity index (χ0) is 21.3. The zero-order valence-corrected chi connectivity index (χ0v) is 17.1. The van der Waals surface area contributed by atoms with E-state index in [1.807, 2.05) is 36.4 Å². The topological polar surface area (TPSA) is 85.4 Å². The smallest absolute Gasteiger partial charge is 0.224 e. The minimum absolute atomic E-state index is 0.0180. The lowest BCUT2D eigenvalue weighted by Gasteiger charge is -2.12. The van der Waals surface area contributed by atoms with Crippen LogP contribution in [-0.2, 0) is 4.79 Å². The molecule has 0 spiro atoms. The van der Waals surface area contributed by atoms with Gasteiger partial charge < -0.3 is 20.1 Å². The summed E-state index contributed by atoms with van der Waals surface area (Å²) >= 11 is 0. The molecule has 2 N–H and O–H groups in total. The summed E-state index contributed by atoms with van der Waals surface area (Å²) < 4.78 is 10.7. The molecule has 2 aromatic carbocycles. The molecule has 0 aliphatic carbocycles. The number of aromatic nitrogens is 2. The van der Waals surface area contributed by atoms with Crippen LogP contribution in [0.2, 0.25) is 0 Å². The molecule has 3 aromatic rings. The standard InChI is InChI=1S/C23H24N4O3/c1-4-5-6-7-8-22(28)26-16-9-11-17(12-10-16)27-23-18-13-20(29-2)21(30-3)14-19(18)24-15-25-23/h1,9-15H,5-8H2,2-3H3,(H,26,28)(H,24,25,27). The number of nitrogens with one attached hydrogen (secondary N) is 2. The molecule has 7 heteroatoms.